The Morgan fingerprint density at radius 1 is 1.08 bits per heavy atom. The smallest absolute Gasteiger partial charge is 0.345 e. The van der Waals surface area contributed by atoms with Gasteiger partial charge in [-0.25, -0.2) is 4.79 Å². The normalized spacial score (nSPS) is 11.8. The van der Waals surface area contributed by atoms with E-state index in [1.54, 1.807) is 31.4 Å². The van der Waals surface area contributed by atoms with Gasteiger partial charge in [0.25, 0.3) is 0 Å². The molecule has 2 aromatic rings. The molecule has 1 atom stereocenters. The number of hydrogen-bond donors (Lipinski definition) is 1. The van der Waals surface area contributed by atoms with E-state index in [1.807, 2.05) is 12.1 Å². The van der Waals surface area contributed by atoms with Crippen molar-refractivity contribution < 1.29 is 19.4 Å². The van der Waals surface area contributed by atoms with Crippen molar-refractivity contribution in [3.8, 4) is 11.5 Å². The highest BCUT2D eigenvalue weighted by molar-refractivity contribution is 5.73. The van der Waals surface area contributed by atoms with Crippen LogP contribution in [0.1, 0.15) is 30.9 Å². The van der Waals surface area contributed by atoms with E-state index in [9.17, 15) is 9.90 Å². The molecule has 4 heteroatoms. The molecule has 0 bridgehead atoms. The fourth-order valence-electron chi connectivity index (χ4n) is 2.46. The number of benzene rings is 2. The fourth-order valence-corrected chi connectivity index (χ4v) is 2.46. The minimum absolute atomic E-state index is 0.320. The topological polar surface area (TPSA) is 55.8 Å². The highest BCUT2D eigenvalue weighted by atomic mass is 16.5. The van der Waals surface area contributed by atoms with Crippen molar-refractivity contribution in [2.45, 2.75) is 38.7 Å². The van der Waals surface area contributed by atoms with Gasteiger partial charge in [0.1, 0.15) is 11.5 Å². The molecule has 0 saturated heterocycles. The molecule has 2 aromatic carbocycles. The van der Waals surface area contributed by atoms with E-state index in [1.165, 1.54) is 5.56 Å². The lowest BCUT2D eigenvalue weighted by Crippen LogP contribution is -2.29. The molecular weight excluding hydrogens is 304 g/mol. The summed E-state index contributed by atoms with van der Waals surface area (Å²) in [6.07, 6.45) is 2.77. The first-order valence-electron chi connectivity index (χ1n) is 8.23. The molecule has 0 fully saturated rings. The number of carboxylic acids is 1. The first-order chi connectivity index (χ1) is 11.6. The second-order valence-electron chi connectivity index (χ2n) is 5.75. The number of aryl methyl sites for hydroxylation is 1. The van der Waals surface area contributed by atoms with E-state index in [2.05, 4.69) is 19.1 Å². The Hall–Kier alpha value is -2.49. The lowest BCUT2D eigenvalue weighted by atomic mass is 10.0. The summed E-state index contributed by atoms with van der Waals surface area (Å²) >= 11 is 0. The third kappa shape index (κ3) is 5.30. The second kappa shape index (κ2) is 8.96. The quantitative estimate of drug-likeness (QED) is 0.752. The Morgan fingerprint density at radius 3 is 2.38 bits per heavy atom. The summed E-state index contributed by atoms with van der Waals surface area (Å²) in [5.41, 5.74) is 2.23. The zero-order valence-corrected chi connectivity index (χ0v) is 14.2. The zero-order chi connectivity index (χ0) is 17.4. The van der Waals surface area contributed by atoms with Crippen LogP contribution in [-0.4, -0.2) is 24.3 Å². The van der Waals surface area contributed by atoms with E-state index in [-0.39, 0.29) is 0 Å². The average molecular weight is 328 g/mol. The van der Waals surface area contributed by atoms with Crippen LogP contribution in [-0.2, 0) is 17.6 Å². The molecule has 0 aliphatic heterocycles. The minimum Gasteiger partial charge on any atom is -0.497 e. The van der Waals surface area contributed by atoms with Gasteiger partial charge in [0.2, 0.25) is 0 Å². The molecule has 0 radical (unpaired) electrons. The van der Waals surface area contributed by atoms with Gasteiger partial charge in [0.05, 0.1) is 7.11 Å². The summed E-state index contributed by atoms with van der Waals surface area (Å²) in [7, 11) is 1.56. The van der Waals surface area contributed by atoms with Crippen LogP contribution in [0.5, 0.6) is 11.5 Å². The van der Waals surface area contributed by atoms with Crippen LogP contribution in [0.4, 0.5) is 0 Å². The maximum atomic E-state index is 11.5. The van der Waals surface area contributed by atoms with Gasteiger partial charge in [-0.3, -0.25) is 0 Å². The van der Waals surface area contributed by atoms with Gasteiger partial charge >= 0.3 is 5.97 Å². The summed E-state index contributed by atoms with van der Waals surface area (Å²) < 4.78 is 10.8. The maximum absolute atomic E-state index is 11.5. The van der Waals surface area contributed by atoms with E-state index in [4.69, 9.17) is 9.47 Å². The van der Waals surface area contributed by atoms with Gasteiger partial charge < -0.3 is 14.6 Å². The highest BCUT2D eigenvalue weighted by Gasteiger charge is 2.20. The molecular formula is C20H24O4. The SMILES string of the molecule is CCCCc1ccc(C[C@@H](Oc2cccc(OC)c2)C(=O)O)cc1. The maximum Gasteiger partial charge on any atom is 0.345 e. The molecule has 0 aliphatic carbocycles. The van der Waals surface area contributed by atoms with E-state index in [0.717, 1.165) is 24.8 Å². The van der Waals surface area contributed by atoms with E-state index < -0.39 is 12.1 Å². The third-order valence-corrected chi connectivity index (χ3v) is 3.86. The number of carbonyl (C=O) groups is 1. The van der Waals surface area contributed by atoms with Gasteiger partial charge in [0.15, 0.2) is 6.10 Å². The van der Waals surface area contributed by atoms with Crippen molar-refractivity contribution in [3.05, 3.63) is 59.7 Å². The van der Waals surface area contributed by atoms with Gasteiger partial charge in [-0.15, -0.1) is 0 Å². The van der Waals surface area contributed by atoms with E-state index >= 15 is 0 Å². The molecule has 0 aliphatic rings. The summed E-state index contributed by atoms with van der Waals surface area (Å²) in [6.45, 7) is 2.17. The summed E-state index contributed by atoms with van der Waals surface area (Å²) in [5, 5.41) is 9.44. The number of rotatable bonds is 9. The largest absolute Gasteiger partial charge is 0.497 e. The van der Waals surface area contributed by atoms with Crippen LogP contribution in [0, 0.1) is 0 Å². The van der Waals surface area contributed by atoms with Gasteiger partial charge in [0, 0.05) is 12.5 Å². The number of hydrogen-bond acceptors (Lipinski definition) is 3. The van der Waals surface area contributed by atoms with Gasteiger partial charge in [-0.2, -0.15) is 0 Å². The molecule has 2 rings (SSSR count). The van der Waals surface area contributed by atoms with Crippen LogP contribution in [0.25, 0.3) is 0 Å². The predicted molar refractivity (Wildman–Crippen MR) is 93.8 cm³/mol. The standard InChI is InChI=1S/C20H24O4/c1-3-4-6-15-9-11-16(12-10-15)13-19(20(21)22)24-18-8-5-7-17(14-18)23-2/h5,7-12,14,19H,3-4,6,13H2,1-2H3,(H,21,22)/t19-/m1/s1. The number of ether oxygens (including phenoxy) is 2. The fraction of sp³-hybridized carbons (Fsp3) is 0.350. The van der Waals surface area contributed by atoms with Crippen molar-refractivity contribution in [2.75, 3.05) is 7.11 Å². The molecule has 0 aromatic heterocycles. The number of aliphatic carboxylic acids is 1. The average Bonchev–Trinajstić information content (AvgIpc) is 2.60. The van der Waals surface area contributed by atoms with Crippen LogP contribution < -0.4 is 9.47 Å². The summed E-state index contributed by atoms with van der Waals surface area (Å²) in [6, 6.07) is 15.1. The van der Waals surface area contributed by atoms with Gasteiger partial charge in [-0.05, 0) is 36.1 Å². The molecule has 24 heavy (non-hydrogen) atoms. The van der Waals surface area contributed by atoms with Crippen molar-refractivity contribution in [3.63, 3.8) is 0 Å². The van der Waals surface area contributed by atoms with Crippen molar-refractivity contribution in [1.82, 2.24) is 0 Å². The van der Waals surface area contributed by atoms with Crippen LogP contribution >= 0.6 is 0 Å². The Kier molecular flexibility index (Phi) is 6.67. The molecule has 0 amide bonds. The lowest BCUT2D eigenvalue weighted by Gasteiger charge is -2.16. The monoisotopic (exact) mass is 328 g/mol. The first kappa shape index (κ1) is 17.9. The summed E-state index contributed by atoms with van der Waals surface area (Å²) in [4.78, 5) is 11.5. The lowest BCUT2D eigenvalue weighted by molar-refractivity contribution is -0.145. The molecule has 0 saturated carbocycles. The minimum atomic E-state index is -0.979. The van der Waals surface area contributed by atoms with Crippen LogP contribution in [0.15, 0.2) is 48.5 Å². The zero-order valence-electron chi connectivity index (χ0n) is 14.2. The summed E-state index contributed by atoms with van der Waals surface area (Å²) in [5.74, 6) is 0.145. The molecule has 128 valence electrons. The van der Waals surface area contributed by atoms with E-state index in [0.29, 0.717) is 17.9 Å². The van der Waals surface area contributed by atoms with Crippen molar-refractivity contribution in [1.29, 1.82) is 0 Å². The molecule has 0 unspecified atom stereocenters. The Morgan fingerprint density at radius 2 is 1.75 bits per heavy atom. The number of unbranched alkanes of at least 4 members (excludes halogenated alkanes) is 1. The third-order valence-electron chi connectivity index (χ3n) is 3.86. The van der Waals surface area contributed by atoms with Gasteiger partial charge in [-0.1, -0.05) is 43.7 Å². The Balaban J connectivity index is 2.03. The number of carboxylic acid groups (broad SMARTS) is 1. The van der Waals surface area contributed by atoms with Crippen LogP contribution in [0.2, 0.25) is 0 Å². The molecule has 0 heterocycles. The van der Waals surface area contributed by atoms with Crippen LogP contribution in [0.3, 0.4) is 0 Å². The predicted octanol–water partition coefficient (Wildman–Crippen LogP) is 4.11. The highest BCUT2D eigenvalue weighted by Crippen LogP contribution is 2.21. The van der Waals surface area contributed by atoms with Crippen molar-refractivity contribution in [2.24, 2.45) is 0 Å². The molecule has 1 N–H and O–H groups in total. The molecule has 0 spiro atoms. The Labute approximate surface area is 143 Å². The molecule has 4 nitrogen and oxygen atoms in total. The second-order valence-corrected chi connectivity index (χ2v) is 5.75. The number of methoxy groups -OCH3 is 1. The Bertz CT molecular complexity index is 649. The van der Waals surface area contributed by atoms with Crippen molar-refractivity contribution >= 4 is 5.97 Å². The first-order valence-corrected chi connectivity index (χ1v) is 8.23.